The normalized spacial score (nSPS) is 14.9. The van der Waals surface area contributed by atoms with E-state index in [2.05, 4.69) is 0 Å². The van der Waals surface area contributed by atoms with Crippen molar-refractivity contribution in [2.24, 2.45) is 0 Å². The van der Waals surface area contributed by atoms with Crippen molar-refractivity contribution in [1.82, 2.24) is 9.80 Å². The van der Waals surface area contributed by atoms with Gasteiger partial charge in [0.25, 0.3) is 11.8 Å². The maximum Gasteiger partial charge on any atom is 0.261 e. The largest absolute Gasteiger partial charge is 0.300 e. The lowest BCUT2D eigenvalue weighted by atomic mass is 10.1. The predicted molar refractivity (Wildman–Crippen MR) is 93.8 cm³/mol. The minimum absolute atomic E-state index is 0.118. The molecule has 0 spiro atoms. The van der Waals surface area contributed by atoms with Gasteiger partial charge in [-0.3, -0.25) is 19.4 Å². The molecule has 1 aliphatic rings. The van der Waals surface area contributed by atoms with Crippen molar-refractivity contribution in [1.29, 1.82) is 0 Å². The fourth-order valence-electron chi connectivity index (χ4n) is 3.14. The van der Waals surface area contributed by atoms with Gasteiger partial charge in [0, 0.05) is 19.1 Å². The Hall–Kier alpha value is -2.60. The van der Waals surface area contributed by atoms with Gasteiger partial charge >= 0.3 is 0 Å². The zero-order valence-corrected chi connectivity index (χ0v) is 14.7. The van der Waals surface area contributed by atoms with Gasteiger partial charge in [-0.05, 0) is 50.2 Å². The molecule has 6 heteroatoms. The quantitative estimate of drug-likeness (QED) is 0.740. The number of amides is 2. The third-order valence-corrected chi connectivity index (χ3v) is 4.86. The highest BCUT2D eigenvalue weighted by Crippen LogP contribution is 2.24. The average molecular weight is 358 g/mol. The maximum absolute atomic E-state index is 13.4. The highest BCUT2D eigenvalue weighted by molar-refractivity contribution is 6.21. The Morgan fingerprint density at radius 3 is 2.19 bits per heavy atom. The summed E-state index contributed by atoms with van der Waals surface area (Å²) < 4.78 is 26.5. The lowest BCUT2D eigenvalue weighted by Crippen LogP contribution is -2.33. The van der Waals surface area contributed by atoms with E-state index in [1.165, 1.54) is 11.0 Å². The molecule has 0 saturated carbocycles. The van der Waals surface area contributed by atoms with Crippen molar-refractivity contribution in [3.63, 3.8) is 0 Å². The molecule has 2 aromatic carbocycles. The molecular formula is C20H20F2N2O2. The topological polar surface area (TPSA) is 40.6 Å². The highest BCUT2D eigenvalue weighted by Gasteiger charge is 2.34. The van der Waals surface area contributed by atoms with E-state index in [0.717, 1.165) is 6.07 Å². The van der Waals surface area contributed by atoms with Gasteiger partial charge in [0.15, 0.2) is 11.6 Å². The molecule has 3 rings (SSSR count). The highest BCUT2D eigenvalue weighted by atomic mass is 19.2. The summed E-state index contributed by atoms with van der Waals surface area (Å²) in [5.74, 6) is -2.26. The molecule has 0 aliphatic carbocycles. The first-order valence-electron chi connectivity index (χ1n) is 8.50. The van der Waals surface area contributed by atoms with Crippen molar-refractivity contribution in [3.05, 3.63) is 70.8 Å². The molecule has 1 aliphatic heterocycles. The van der Waals surface area contributed by atoms with E-state index < -0.39 is 11.6 Å². The molecule has 4 nitrogen and oxygen atoms in total. The van der Waals surface area contributed by atoms with E-state index in [4.69, 9.17) is 0 Å². The first-order chi connectivity index (χ1) is 12.4. The first kappa shape index (κ1) is 18.2. The smallest absolute Gasteiger partial charge is 0.261 e. The summed E-state index contributed by atoms with van der Waals surface area (Å²) in [5, 5.41) is 0. The van der Waals surface area contributed by atoms with Crippen LogP contribution in [0, 0.1) is 11.6 Å². The standard InChI is InChI=1S/C20H20F2N2O2/c1-13(14-8-9-17(21)18(22)12-14)23(2)10-5-11-24-19(25)15-6-3-4-7-16(15)20(24)26/h3-4,6-9,12-13H,5,10-11H2,1-2H3. The van der Waals surface area contributed by atoms with E-state index >= 15 is 0 Å². The number of nitrogens with zero attached hydrogens (tertiary/aromatic N) is 2. The number of hydrogen-bond acceptors (Lipinski definition) is 3. The lowest BCUT2D eigenvalue weighted by molar-refractivity contribution is 0.0646. The zero-order chi connectivity index (χ0) is 18.8. The summed E-state index contributed by atoms with van der Waals surface area (Å²) in [6.07, 6.45) is 0.593. The van der Waals surface area contributed by atoms with Crippen LogP contribution in [0.25, 0.3) is 0 Å². The van der Waals surface area contributed by atoms with E-state index in [1.54, 1.807) is 30.3 Å². The minimum Gasteiger partial charge on any atom is -0.300 e. The number of fused-ring (bicyclic) bond motifs is 1. The second-order valence-corrected chi connectivity index (χ2v) is 6.49. The number of carbonyl (C=O) groups excluding carboxylic acids is 2. The molecule has 136 valence electrons. The van der Waals surface area contributed by atoms with Crippen LogP contribution < -0.4 is 0 Å². The monoisotopic (exact) mass is 358 g/mol. The summed E-state index contributed by atoms with van der Waals surface area (Å²) in [7, 11) is 1.87. The van der Waals surface area contributed by atoms with Crippen molar-refractivity contribution < 1.29 is 18.4 Å². The molecule has 2 amide bonds. The number of halogens is 2. The third kappa shape index (κ3) is 3.37. The third-order valence-electron chi connectivity index (χ3n) is 4.86. The SMILES string of the molecule is CC(c1ccc(F)c(F)c1)N(C)CCCN1C(=O)c2ccccc2C1=O. The number of carbonyl (C=O) groups is 2. The molecule has 0 bridgehead atoms. The Kier molecular flexibility index (Phi) is 5.13. The Morgan fingerprint density at radius 1 is 1.00 bits per heavy atom. The maximum atomic E-state index is 13.4. The van der Waals surface area contributed by atoms with Crippen molar-refractivity contribution >= 4 is 11.8 Å². The first-order valence-corrected chi connectivity index (χ1v) is 8.50. The Bertz CT molecular complexity index is 818. The predicted octanol–water partition coefficient (Wildman–Crippen LogP) is 3.64. The number of rotatable bonds is 6. The zero-order valence-electron chi connectivity index (χ0n) is 14.7. The Morgan fingerprint density at radius 2 is 1.62 bits per heavy atom. The molecule has 2 aromatic rings. The van der Waals surface area contributed by atoms with Crippen molar-refractivity contribution in [2.75, 3.05) is 20.1 Å². The van der Waals surface area contributed by atoms with Crippen LogP contribution in [0.1, 0.15) is 45.7 Å². The molecule has 0 saturated heterocycles. The van der Waals surface area contributed by atoms with Gasteiger partial charge in [0.05, 0.1) is 11.1 Å². The van der Waals surface area contributed by atoms with Gasteiger partial charge in [-0.1, -0.05) is 18.2 Å². The fourth-order valence-corrected chi connectivity index (χ4v) is 3.14. The van der Waals surface area contributed by atoms with Gasteiger partial charge in [-0.25, -0.2) is 8.78 Å². The molecule has 0 N–H and O–H groups in total. The molecule has 0 aromatic heterocycles. The average Bonchev–Trinajstić information content (AvgIpc) is 2.88. The number of imide groups is 1. The lowest BCUT2D eigenvalue weighted by Gasteiger charge is -2.26. The van der Waals surface area contributed by atoms with Gasteiger partial charge in [-0.2, -0.15) is 0 Å². The van der Waals surface area contributed by atoms with Crippen molar-refractivity contribution in [2.45, 2.75) is 19.4 Å². The van der Waals surface area contributed by atoms with Crippen LogP contribution >= 0.6 is 0 Å². The molecule has 26 heavy (non-hydrogen) atoms. The van der Waals surface area contributed by atoms with Crippen LogP contribution in [0.3, 0.4) is 0 Å². The minimum atomic E-state index is -0.867. The summed E-state index contributed by atoms with van der Waals surface area (Å²) in [5.41, 5.74) is 1.56. The van der Waals surface area contributed by atoms with E-state index in [0.29, 0.717) is 36.2 Å². The second kappa shape index (κ2) is 7.33. The van der Waals surface area contributed by atoms with Gasteiger partial charge < -0.3 is 0 Å². The summed E-state index contributed by atoms with van der Waals surface area (Å²) in [4.78, 5) is 27.9. The summed E-state index contributed by atoms with van der Waals surface area (Å²) >= 11 is 0. The van der Waals surface area contributed by atoms with E-state index in [9.17, 15) is 18.4 Å². The summed E-state index contributed by atoms with van der Waals surface area (Å²) in [6, 6.07) is 10.6. The molecule has 0 radical (unpaired) electrons. The Balaban J connectivity index is 1.57. The van der Waals surface area contributed by atoms with Crippen LogP contribution in [0.2, 0.25) is 0 Å². The Labute approximate surface area is 151 Å². The van der Waals surface area contributed by atoms with Crippen molar-refractivity contribution in [3.8, 4) is 0 Å². The number of benzene rings is 2. The number of hydrogen-bond donors (Lipinski definition) is 0. The van der Waals surface area contributed by atoms with E-state index in [1.807, 2.05) is 18.9 Å². The van der Waals surface area contributed by atoms with Gasteiger partial charge in [0.1, 0.15) is 0 Å². The van der Waals surface area contributed by atoms with Gasteiger partial charge in [0.2, 0.25) is 0 Å². The molecule has 1 atom stereocenters. The van der Waals surface area contributed by atoms with Crippen LogP contribution in [0.5, 0.6) is 0 Å². The molecule has 0 fully saturated rings. The van der Waals surface area contributed by atoms with Crippen LogP contribution in [-0.2, 0) is 0 Å². The molecule has 1 heterocycles. The van der Waals surface area contributed by atoms with Crippen LogP contribution in [0.15, 0.2) is 42.5 Å². The molecular weight excluding hydrogens is 338 g/mol. The second-order valence-electron chi connectivity index (χ2n) is 6.49. The molecule has 1 unspecified atom stereocenters. The van der Waals surface area contributed by atoms with E-state index in [-0.39, 0.29) is 17.9 Å². The van der Waals surface area contributed by atoms with Crippen LogP contribution in [0.4, 0.5) is 8.78 Å². The van der Waals surface area contributed by atoms with Gasteiger partial charge in [-0.15, -0.1) is 0 Å². The fraction of sp³-hybridized carbons (Fsp3) is 0.300. The van der Waals surface area contributed by atoms with Crippen LogP contribution in [-0.4, -0.2) is 41.8 Å². The summed E-state index contributed by atoms with van der Waals surface area (Å²) in [6.45, 7) is 2.82.